The highest BCUT2D eigenvalue weighted by Gasteiger charge is 2.23. The van der Waals surface area contributed by atoms with Gasteiger partial charge in [-0.25, -0.2) is 9.78 Å². The largest absolute Gasteiger partial charge is 0.383 e. The van der Waals surface area contributed by atoms with Crippen molar-refractivity contribution in [1.82, 2.24) is 20.2 Å². The molecule has 0 spiro atoms. The summed E-state index contributed by atoms with van der Waals surface area (Å²) in [5, 5.41) is 5.68. The SMILES string of the molecule is COCCn1cncc1CNC(=O)c1ccc(C)c(N2CCNC2=O)c1. The minimum atomic E-state index is -0.189. The van der Waals surface area contributed by atoms with Crippen LogP contribution in [0.25, 0.3) is 0 Å². The number of ether oxygens (including phenoxy) is 1. The molecular formula is C18H23N5O3. The molecule has 0 radical (unpaired) electrons. The fourth-order valence-corrected chi connectivity index (χ4v) is 2.90. The molecule has 2 heterocycles. The Morgan fingerprint density at radius 2 is 2.27 bits per heavy atom. The maximum atomic E-state index is 12.5. The molecule has 1 saturated heterocycles. The third-order valence-corrected chi connectivity index (χ3v) is 4.38. The predicted molar refractivity (Wildman–Crippen MR) is 97.2 cm³/mol. The monoisotopic (exact) mass is 357 g/mol. The Labute approximate surface area is 152 Å². The summed E-state index contributed by atoms with van der Waals surface area (Å²) < 4.78 is 7.02. The van der Waals surface area contributed by atoms with Gasteiger partial charge in [0.1, 0.15) is 0 Å². The van der Waals surface area contributed by atoms with E-state index in [1.165, 1.54) is 0 Å². The van der Waals surface area contributed by atoms with Crippen molar-refractivity contribution in [1.29, 1.82) is 0 Å². The number of benzene rings is 1. The lowest BCUT2D eigenvalue weighted by molar-refractivity contribution is 0.0949. The van der Waals surface area contributed by atoms with E-state index in [1.54, 1.807) is 36.7 Å². The van der Waals surface area contributed by atoms with Crippen LogP contribution in [0, 0.1) is 6.92 Å². The van der Waals surface area contributed by atoms with Gasteiger partial charge in [0, 0.05) is 44.2 Å². The van der Waals surface area contributed by atoms with E-state index in [0.717, 1.165) is 16.9 Å². The van der Waals surface area contributed by atoms with Gasteiger partial charge < -0.3 is 19.9 Å². The van der Waals surface area contributed by atoms with Crippen molar-refractivity contribution in [3.8, 4) is 0 Å². The summed E-state index contributed by atoms with van der Waals surface area (Å²) in [6.07, 6.45) is 3.45. The molecule has 0 atom stereocenters. The highest BCUT2D eigenvalue weighted by atomic mass is 16.5. The number of nitrogens with zero attached hydrogens (tertiary/aromatic N) is 3. The number of methoxy groups -OCH3 is 1. The second kappa shape index (κ2) is 8.01. The molecule has 26 heavy (non-hydrogen) atoms. The third-order valence-electron chi connectivity index (χ3n) is 4.38. The fourth-order valence-electron chi connectivity index (χ4n) is 2.90. The molecule has 0 unspecified atom stereocenters. The molecule has 0 bridgehead atoms. The summed E-state index contributed by atoms with van der Waals surface area (Å²) in [6, 6.07) is 5.26. The molecule has 3 amide bonds. The van der Waals surface area contributed by atoms with Crippen molar-refractivity contribution < 1.29 is 14.3 Å². The Balaban J connectivity index is 1.69. The van der Waals surface area contributed by atoms with Gasteiger partial charge in [0.05, 0.1) is 25.2 Å². The first-order chi connectivity index (χ1) is 12.6. The molecule has 1 aliphatic rings. The number of aromatic nitrogens is 2. The lowest BCUT2D eigenvalue weighted by atomic mass is 10.1. The average Bonchev–Trinajstić information content (AvgIpc) is 3.27. The number of nitrogens with one attached hydrogen (secondary N) is 2. The molecule has 0 saturated carbocycles. The lowest BCUT2D eigenvalue weighted by Gasteiger charge is -2.18. The van der Waals surface area contributed by atoms with Crippen molar-refractivity contribution in [2.24, 2.45) is 0 Å². The fraction of sp³-hybridized carbons (Fsp3) is 0.389. The van der Waals surface area contributed by atoms with Gasteiger partial charge in [-0.05, 0) is 24.6 Å². The Hall–Kier alpha value is -2.87. The van der Waals surface area contributed by atoms with E-state index in [0.29, 0.717) is 38.3 Å². The summed E-state index contributed by atoms with van der Waals surface area (Å²) in [5.74, 6) is -0.189. The van der Waals surface area contributed by atoms with E-state index in [-0.39, 0.29) is 11.9 Å². The molecule has 1 aliphatic heterocycles. The zero-order chi connectivity index (χ0) is 18.5. The van der Waals surface area contributed by atoms with Gasteiger partial charge in [0.2, 0.25) is 0 Å². The highest BCUT2D eigenvalue weighted by Crippen LogP contribution is 2.23. The molecule has 8 heteroatoms. The molecule has 3 rings (SSSR count). The van der Waals surface area contributed by atoms with Gasteiger partial charge in [-0.1, -0.05) is 6.07 Å². The number of carbonyl (C=O) groups excluding carboxylic acids is 2. The lowest BCUT2D eigenvalue weighted by Crippen LogP contribution is -2.29. The first-order valence-electron chi connectivity index (χ1n) is 8.52. The van der Waals surface area contributed by atoms with Crippen LogP contribution in [0.4, 0.5) is 10.5 Å². The minimum absolute atomic E-state index is 0.132. The van der Waals surface area contributed by atoms with Crippen LogP contribution in [0.15, 0.2) is 30.7 Å². The number of anilines is 1. The summed E-state index contributed by atoms with van der Waals surface area (Å²) in [4.78, 5) is 30.2. The van der Waals surface area contributed by atoms with Crippen LogP contribution >= 0.6 is 0 Å². The van der Waals surface area contributed by atoms with Crippen molar-refractivity contribution in [3.05, 3.63) is 47.5 Å². The van der Waals surface area contributed by atoms with Crippen molar-refractivity contribution >= 4 is 17.6 Å². The average molecular weight is 357 g/mol. The van der Waals surface area contributed by atoms with E-state index in [9.17, 15) is 9.59 Å². The predicted octanol–water partition coefficient (Wildman–Crippen LogP) is 1.30. The number of aryl methyl sites for hydroxylation is 1. The number of hydrogen-bond donors (Lipinski definition) is 2. The Bertz CT molecular complexity index is 802. The van der Waals surface area contributed by atoms with Crippen LogP contribution in [0.3, 0.4) is 0 Å². The normalized spacial score (nSPS) is 13.8. The van der Waals surface area contributed by atoms with Gasteiger partial charge in [-0.3, -0.25) is 9.69 Å². The van der Waals surface area contributed by atoms with Crippen LogP contribution < -0.4 is 15.5 Å². The maximum Gasteiger partial charge on any atom is 0.322 e. The number of rotatable bonds is 7. The molecule has 1 aromatic carbocycles. The molecule has 8 nitrogen and oxygen atoms in total. The van der Waals surface area contributed by atoms with E-state index in [4.69, 9.17) is 4.74 Å². The highest BCUT2D eigenvalue weighted by molar-refractivity contribution is 5.99. The molecule has 2 N–H and O–H groups in total. The van der Waals surface area contributed by atoms with Crippen LogP contribution in [0.2, 0.25) is 0 Å². The third kappa shape index (κ3) is 3.85. The van der Waals surface area contributed by atoms with Gasteiger partial charge in [0.25, 0.3) is 5.91 Å². The maximum absolute atomic E-state index is 12.5. The summed E-state index contributed by atoms with van der Waals surface area (Å²) >= 11 is 0. The number of hydrogen-bond acceptors (Lipinski definition) is 4. The van der Waals surface area contributed by atoms with Gasteiger partial charge in [-0.2, -0.15) is 0 Å². The van der Waals surface area contributed by atoms with E-state index in [2.05, 4.69) is 15.6 Å². The summed E-state index contributed by atoms with van der Waals surface area (Å²) in [5.41, 5.74) is 3.14. The number of urea groups is 1. The molecule has 138 valence electrons. The van der Waals surface area contributed by atoms with E-state index < -0.39 is 0 Å². The summed E-state index contributed by atoms with van der Waals surface area (Å²) in [6.45, 7) is 4.77. The number of carbonyl (C=O) groups is 2. The van der Waals surface area contributed by atoms with E-state index >= 15 is 0 Å². The molecule has 1 fully saturated rings. The van der Waals surface area contributed by atoms with Crippen LogP contribution in [0.5, 0.6) is 0 Å². The first-order valence-corrected chi connectivity index (χ1v) is 8.52. The van der Waals surface area contributed by atoms with Crippen LogP contribution in [0.1, 0.15) is 21.6 Å². The van der Waals surface area contributed by atoms with Crippen LogP contribution in [-0.4, -0.2) is 48.3 Å². The topological polar surface area (TPSA) is 88.5 Å². The van der Waals surface area contributed by atoms with Gasteiger partial charge >= 0.3 is 6.03 Å². The Morgan fingerprint density at radius 3 is 3.00 bits per heavy atom. The minimum Gasteiger partial charge on any atom is -0.383 e. The second-order valence-corrected chi connectivity index (χ2v) is 6.14. The van der Waals surface area contributed by atoms with Gasteiger partial charge in [-0.15, -0.1) is 0 Å². The standard InChI is InChI=1S/C18H23N5O3/c1-13-3-4-14(9-16(13)23-6-5-20-18(23)25)17(24)21-11-15-10-19-12-22(15)7-8-26-2/h3-4,9-10,12H,5-8,11H2,1-2H3,(H,20,25)(H,21,24). The Kier molecular flexibility index (Phi) is 5.52. The zero-order valence-electron chi connectivity index (χ0n) is 15.0. The quantitative estimate of drug-likeness (QED) is 0.782. The zero-order valence-corrected chi connectivity index (χ0v) is 15.0. The van der Waals surface area contributed by atoms with Crippen molar-refractivity contribution in [2.45, 2.75) is 20.0 Å². The molecular weight excluding hydrogens is 334 g/mol. The van der Waals surface area contributed by atoms with Gasteiger partial charge in [0.15, 0.2) is 0 Å². The first kappa shape index (κ1) is 17.9. The smallest absolute Gasteiger partial charge is 0.322 e. The molecule has 0 aliphatic carbocycles. The second-order valence-electron chi connectivity index (χ2n) is 6.14. The van der Waals surface area contributed by atoms with Crippen molar-refractivity contribution in [3.63, 3.8) is 0 Å². The molecule has 1 aromatic heterocycles. The molecule has 2 aromatic rings. The number of imidazole rings is 1. The van der Waals surface area contributed by atoms with Crippen LogP contribution in [-0.2, 0) is 17.8 Å². The Morgan fingerprint density at radius 1 is 1.42 bits per heavy atom. The summed E-state index contributed by atoms with van der Waals surface area (Å²) in [7, 11) is 1.65. The number of amides is 3. The van der Waals surface area contributed by atoms with Crippen molar-refractivity contribution in [2.75, 3.05) is 31.7 Å². The van der Waals surface area contributed by atoms with E-state index in [1.807, 2.05) is 17.6 Å².